The molecule has 1 unspecified atom stereocenters. The third-order valence-corrected chi connectivity index (χ3v) is 4.67. The lowest BCUT2D eigenvalue weighted by Gasteiger charge is -2.12. The van der Waals surface area contributed by atoms with Gasteiger partial charge in [-0.1, -0.05) is 0 Å². The molecule has 1 aromatic carbocycles. The lowest BCUT2D eigenvalue weighted by molar-refractivity contribution is -0.0497. The number of pyridine rings is 1. The maximum Gasteiger partial charge on any atom is 0.387 e. The molecule has 0 saturated heterocycles. The van der Waals surface area contributed by atoms with Crippen molar-refractivity contribution in [3.05, 3.63) is 36.2 Å². The van der Waals surface area contributed by atoms with Gasteiger partial charge >= 0.3 is 11.8 Å². The van der Waals surface area contributed by atoms with Gasteiger partial charge in [0.25, 0.3) is 0 Å². The van der Waals surface area contributed by atoms with E-state index in [9.17, 15) is 13.3 Å². The van der Waals surface area contributed by atoms with E-state index in [0.717, 1.165) is 0 Å². The van der Waals surface area contributed by atoms with Gasteiger partial charge in [0, 0.05) is 29.5 Å². The molecule has 0 spiro atoms. The first-order valence-corrected chi connectivity index (χ1v) is 8.72. The van der Waals surface area contributed by atoms with Crippen molar-refractivity contribution in [2.75, 3.05) is 14.2 Å². The smallest absolute Gasteiger partial charge is 0.387 e. The van der Waals surface area contributed by atoms with Crippen LogP contribution in [-0.4, -0.2) is 45.8 Å². The predicted molar refractivity (Wildman–Crippen MR) is 93.8 cm³/mol. The minimum Gasteiger partial charge on any atom is -0.609 e. The lowest BCUT2D eigenvalue weighted by Crippen LogP contribution is -2.10. The number of hydrogen-bond acceptors (Lipinski definition) is 6. The van der Waals surface area contributed by atoms with Gasteiger partial charge in [0.15, 0.2) is 17.3 Å². The number of hydrogen-bond donors (Lipinski definition) is 1. The summed E-state index contributed by atoms with van der Waals surface area (Å²) in [5.74, 6) is 0.908. The Morgan fingerprint density at radius 3 is 2.67 bits per heavy atom. The fraction of sp³-hybridized carbons (Fsp3) is 0.250. The first-order chi connectivity index (χ1) is 12.5. The molecule has 0 amide bonds. The Morgan fingerprint density at radius 1 is 1.22 bits per heavy atom. The number of ether oxygens (including phenoxy) is 3. The second-order valence-corrected chi connectivity index (χ2v) is 6.45. The highest BCUT2D eigenvalue weighted by molar-refractivity contribution is 7.90. The highest BCUT2D eigenvalue weighted by Gasteiger charge is 2.22. The van der Waals surface area contributed by atoms with Gasteiger partial charge in [-0.25, -0.2) is 0 Å². The van der Waals surface area contributed by atoms with Gasteiger partial charge in [-0.2, -0.15) is 13.8 Å². The molecule has 0 aliphatic rings. The van der Waals surface area contributed by atoms with Crippen molar-refractivity contribution in [3.8, 4) is 17.2 Å². The summed E-state index contributed by atoms with van der Waals surface area (Å²) in [4.78, 5) is 11.3. The lowest BCUT2D eigenvalue weighted by atomic mass is 10.3. The first kappa shape index (κ1) is 20.7. The maximum absolute atomic E-state index is 12.6. The van der Waals surface area contributed by atoms with Crippen LogP contribution in [0.3, 0.4) is 0 Å². The van der Waals surface area contributed by atoms with Crippen molar-refractivity contribution in [2.24, 2.45) is 0 Å². The van der Waals surface area contributed by atoms with Gasteiger partial charge in [0.2, 0.25) is 0 Å². The second kappa shape index (κ2) is 8.84. The molecule has 0 radical (unpaired) electrons. The van der Waals surface area contributed by atoms with E-state index in [1.165, 1.54) is 38.6 Å². The van der Waals surface area contributed by atoms with E-state index in [0.29, 0.717) is 28.2 Å². The van der Waals surface area contributed by atoms with Crippen molar-refractivity contribution < 1.29 is 33.0 Å². The zero-order valence-electron chi connectivity index (χ0n) is 14.4. The largest absolute Gasteiger partial charge is 0.609 e. The van der Waals surface area contributed by atoms with Gasteiger partial charge in [-0.15, -0.1) is 0 Å². The average molecular weight is 401 g/mol. The van der Waals surface area contributed by atoms with E-state index in [1.807, 2.05) is 0 Å². The standard InChI is InChI=1S/C16H15F2N3O4S.H2O/c1-23-13-5-6-19-12(14(13)24-2)8-26(22)16-20-10-4-3-9(25-15(17)18)7-11(10)21-16;/h3-7,15H,8H2,1-2H3,(H,20,21);1H2. The molecule has 27 heavy (non-hydrogen) atoms. The van der Waals surface area contributed by atoms with Crippen molar-refractivity contribution >= 4 is 22.2 Å². The van der Waals surface area contributed by atoms with Crippen LogP contribution in [0.5, 0.6) is 17.2 Å². The Bertz CT molecular complexity index is 909. The molecule has 1 atom stereocenters. The molecule has 2 aromatic heterocycles. The number of alkyl halides is 2. The summed E-state index contributed by atoms with van der Waals surface area (Å²) < 4.78 is 52.1. The number of rotatable bonds is 7. The van der Waals surface area contributed by atoms with Crippen LogP contribution in [0.1, 0.15) is 5.69 Å². The molecular formula is C16H17F2N3O5S. The number of aromatic amines is 1. The van der Waals surface area contributed by atoms with E-state index in [4.69, 9.17) is 9.47 Å². The van der Waals surface area contributed by atoms with Crippen LogP contribution in [0.25, 0.3) is 11.0 Å². The third kappa shape index (κ3) is 4.56. The fourth-order valence-electron chi connectivity index (χ4n) is 2.40. The van der Waals surface area contributed by atoms with Crippen LogP contribution in [0, 0.1) is 0 Å². The topological polar surface area (TPSA) is 124 Å². The normalized spacial score (nSPS) is 11.9. The molecule has 0 aliphatic heterocycles. The van der Waals surface area contributed by atoms with Gasteiger partial charge in [-0.05, 0) is 12.1 Å². The van der Waals surface area contributed by atoms with Crippen LogP contribution < -0.4 is 14.2 Å². The zero-order valence-corrected chi connectivity index (χ0v) is 15.2. The number of nitrogens with one attached hydrogen (secondary N) is 1. The van der Waals surface area contributed by atoms with Gasteiger partial charge < -0.3 is 24.2 Å². The quantitative estimate of drug-likeness (QED) is 0.605. The fourth-order valence-corrected chi connectivity index (χ4v) is 3.41. The molecule has 8 nitrogen and oxygen atoms in total. The van der Waals surface area contributed by atoms with Gasteiger partial charge in [0.05, 0.1) is 25.3 Å². The summed E-state index contributed by atoms with van der Waals surface area (Å²) in [6.07, 6.45) is 1.53. The number of methoxy groups -OCH3 is 2. The molecule has 0 aliphatic carbocycles. The van der Waals surface area contributed by atoms with E-state index in [-0.39, 0.29) is 22.1 Å². The Hall–Kier alpha value is -2.63. The summed E-state index contributed by atoms with van der Waals surface area (Å²) in [5, 5.41) is 0.195. The van der Waals surface area contributed by atoms with Gasteiger partial charge in [-0.3, -0.25) is 9.97 Å². The van der Waals surface area contributed by atoms with E-state index in [1.54, 1.807) is 6.07 Å². The van der Waals surface area contributed by atoms with E-state index >= 15 is 0 Å². The first-order valence-electron chi connectivity index (χ1n) is 7.40. The Balaban J connectivity index is 0.00000261. The molecular weight excluding hydrogens is 384 g/mol. The van der Waals surface area contributed by atoms with Crippen LogP contribution in [-0.2, 0) is 16.9 Å². The summed E-state index contributed by atoms with van der Waals surface area (Å²) in [6.45, 7) is -2.92. The Labute approximate surface area is 156 Å². The van der Waals surface area contributed by atoms with Crippen molar-refractivity contribution in [3.63, 3.8) is 0 Å². The van der Waals surface area contributed by atoms with Crippen LogP contribution in [0.15, 0.2) is 35.6 Å². The molecule has 2 heterocycles. The highest BCUT2D eigenvalue weighted by Crippen LogP contribution is 2.31. The van der Waals surface area contributed by atoms with Crippen molar-refractivity contribution in [1.82, 2.24) is 15.0 Å². The molecule has 3 rings (SSSR count). The van der Waals surface area contributed by atoms with Crippen LogP contribution >= 0.6 is 0 Å². The molecule has 0 fully saturated rings. The van der Waals surface area contributed by atoms with Crippen molar-refractivity contribution in [2.45, 2.75) is 17.5 Å². The maximum atomic E-state index is 12.6. The zero-order chi connectivity index (χ0) is 18.7. The van der Waals surface area contributed by atoms with Crippen LogP contribution in [0.2, 0.25) is 0 Å². The SMILES string of the molecule is COc1ccnc(C[S+]([O-])c2nc3ccc(OC(F)F)cc3[nH]2)c1OC.O. The average Bonchev–Trinajstić information content (AvgIpc) is 3.04. The minimum atomic E-state index is -2.92. The Kier molecular flexibility index (Phi) is 6.77. The Morgan fingerprint density at radius 2 is 2.00 bits per heavy atom. The van der Waals surface area contributed by atoms with E-state index < -0.39 is 17.8 Å². The third-order valence-electron chi connectivity index (χ3n) is 3.51. The molecule has 0 saturated carbocycles. The summed E-state index contributed by atoms with van der Waals surface area (Å²) in [5.41, 5.74) is 1.38. The number of H-pyrrole nitrogens is 1. The summed E-state index contributed by atoms with van der Waals surface area (Å²) in [7, 11) is 2.97. The minimum absolute atomic E-state index is 0. The molecule has 3 N–H and O–H groups in total. The van der Waals surface area contributed by atoms with Crippen molar-refractivity contribution in [1.29, 1.82) is 0 Å². The van der Waals surface area contributed by atoms with Crippen LogP contribution in [0.4, 0.5) is 8.78 Å². The molecule has 3 aromatic rings. The number of aromatic nitrogens is 3. The molecule has 11 heteroatoms. The molecule has 0 bridgehead atoms. The van der Waals surface area contributed by atoms with E-state index in [2.05, 4.69) is 19.7 Å². The number of halogens is 2. The number of benzene rings is 1. The summed E-state index contributed by atoms with van der Waals surface area (Å²) in [6, 6.07) is 5.89. The monoisotopic (exact) mass is 401 g/mol. The second-order valence-electron chi connectivity index (χ2n) is 5.08. The molecule has 146 valence electrons. The number of nitrogens with zero attached hydrogens (tertiary/aromatic N) is 2. The highest BCUT2D eigenvalue weighted by atomic mass is 32.2. The number of fused-ring (bicyclic) bond motifs is 1. The number of imidazole rings is 1. The summed E-state index contributed by atoms with van der Waals surface area (Å²) >= 11 is -1.56. The predicted octanol–water partition coefficient (Wildman–Crippen LogP) is 2.06. The van der Waals surface area contributed by atoms with Gasteiger partial charge in [0.1, 0.15) is 11.4 Å².